The van der Waals surface area contributed by atoms with Crippen molar-refractivity contribution in [1.82, 2.24) is 4.90 Å². The van der Waals surface area contributed by atoms with Crippen molar-refractivity contribution >= 4 is 0 Å². The average molecular weight is 173 g/mol. The molecule has 0 aromatic heterocycles. The maximum atomic E-state index is 9.14. The normalized spacial score (nSPS) is 12.2. The molecular weight excluding hydrogens is 154 g/mol. The molecule has 72 valence electrons. The molecule has 1 N–H and O–H groups in total. The molecule has 0 spiro atoms. The molecule has 0 aromatic rings. The van der Waals surface area contributed by atoms with Crippen molar-refractivity contribution < 1.29 is 9.84 Å². The molecule has 0 fully saturated rings. The van der Waals surface area contributed by atoms with E-state index in [0.29, 0.717) is 13.2 Å². The molecule has 0 saturated carbocycles. The third-order valence-corrected chi connectivity index (χ3v) is 1.38. The summed E-state index contributed by atoms with van der Waals surface area (Å²) in [5, 5.41) is 9.14. The minimum atomic E-state index is 0.0390. The second-order valence-corrected chi connectivity index (χ2v) is 3.01. The second-order valence-electron chi connectivity index (χ2n) is 3.01. The molecule has 0 bridgehead atoms. The largest absolute Gasteiger partial charge is 0.481 e. The van der Waals surface area contributed by atoms with E-state index in [1.807, 2.05) is 19.0 Å². The number of likely N-dealkylation sites (N-methyl/N-ethyl adjacent to an activating group) is 1. The van der Waals surface area contributed by atoms with E-state index in [2.05, 4.69) is 6.92 Å². The molecule has 0 atom stereocenters. The van der Waals surface area contributed by atoms with Crippen LogP contribution < -0.4 is 0 Å². The molecule has 0 aliphatic carbocycles. The van der Waals surface area contributed by atoms with Crippen molar-refractivity contribution in [3.8, 4) is 0 Å². The Hall–Kier alpha value is -0.700. The van der Waals surface area contributed by atoms with E-state index in [-0.39, 0.29) is 5.95 Å². The Morgan fingerprint density at radius 3 is 2.67 bits per heavy atom. The Balaban J connectivity index is 3.42. The van der Waals surface area contributed by atoms with Gasteiger partial charge in [0.2, 0.25) is 0 Å². The lowest BCUT2D eigenvalue weighted by Gasteiger charge is -2.06. The zero-order chi connectivity index (χ0) is 9.40. The van der Waals surface area contributed by atoms with Crippen LogP contribution in [0.5, 0.6) is 0 Å². The fourth-order valence-corrected chi connectivity index (χ4v) is 0.641. The molecule has 3 nitrogen and oxygen atoms in total. The van der Waals surface area contributed by atoms with E-state index in [1.165, 1.54) is 0 Å². The van der Waals surface area contributed by atoms with Gasteiger partial charge in [0.25, 0.3) is 5.95 Å². The van der Waals surface area contributed by atoms with Crippen LogP contribution in [0.3, 0.4) is 0 Å². The molecular formula is C9H19NO2. The van der Waals surface area contributed by atoms with E-state index in [0.717, 1.165) is 12.8 Å². The predicted molar refractivity (Wildman–Crippen MR) is 50.1 cm³/mol. The highest BCUT2D eigenvalue weighted by atomic mass is 16.6. The Morgan fingerprint density at radius 1 is 1.50 bits per heavy atom. The van der Waals surface area contributed by atoms with Gasteiger partial charge in [-0.3, -0.25) is 0 Å². The highest BCUT2D eigenvalue weighted by Gasteiger charge is 1.93. The van der Waals surface area contributed by atoms with Crippen LogP contribution >= 0.6 is 0 Å². The lowest BCUT2D eigenvalue weighted by atomic mass is 10.4. The first-order valence-corrected chi connectivity index (χ1v) is 4.33. The highest BCUT2D eigenvalue weighted by Crippen LogP contribution is 1.95. The highest BCUT2D eigenvalue weighted by molar-refractivity contribution is 4.83. The van der Waals surface area contributed by atoms with Gasteiger partial charge in [0, 0.05) is 12.6 Å². The monoisotopic (exact) mass is 173 g/mol. The lowest BCUT2D eigenvalue weighted by molar-refractivity contribution is 0.0894. The van der Waals surface area contributed by atoms with Gasteiger partial charge in [0.05, 0.1) is 6.61 Å². The van der Waals surface area contributed by atoms with Gasteiger partial charge in [0.1, 0.15) is 0 Å². The molecule has 0 heterocycles. The van der Waals surface area contributed by atoms with Gasteiger partial charge in [-0.1, -0.05) is 13.3 Å². The van der Waals surface area contributed by atoms with Crippen LogP contribution in [0.2, 0.25) is 0 Å². The Bertz CT molecular complexity index is 132. The molecule has 0 amide bonds. The number of nitrogens with zero attached hydrogens (tertiary/aromatic N) is 1. The van der Waals surface area contributed by atoms with Gasteiger partial charge >= 0.3 is 0 Å². The van der Waals surface area contributed by atoms with Crippen LogP contribution in [0.15, 0.2) is 12.0 Å². The molecule has 12 heavy (non-hydrogen) atoms. The number of hydrogen-bond acceptors (Lipinski definition) is 3. The van der Waals surface area contributed by atoms with Gasteiger partial charge < -0.3 is 14.7 Å². The van der Waals surface area contributed by atoms with E-state index >= 15 is 0 Å². The summed E-state index contributed by atoms with van der Waals surface area (Å²) in [5.74, 6) is 0.0390. The minimum absolute atomic E-state index is 0.0390. The third kappa shape index (κ3) is 7.41. The smallest absolute Gasteiger partial charge is 0.273 e. The number of unbranched alkanes of at least 4 members (excludes halogenated alkanes) is 1. The van der Waals surface area contributed by atoms with Crippen LogP contribution in [0.25, 0.3) is 0 Å². The first kappa shape index (κ1) is 11.3. The third-order valence-electron chi connectivity index (χ3n) is 1.38. The van der Waals surface area contributed by atoms with E-state index < -0.39 is 0 Å². The maximum Gasteiger partial charge on any atom is 0.273 e. The summed E-state index contributed by atoms with van der Waals surface area (Å²) in [5.41, 5.74) is 0. The topological polar surface area (TPSA) is 32.7 Å². The zero-order valence-electron chi connectivity index (χ0n) is 8.21. The van der Waals surface area contributed by atoms with Gasteiger partial charge in [-0.25, -0.2) is 0 Å². The number of aliphatic hydroxyl groups is 1. The van der Waals surface area contributed by atoms with Crippen molar-refractivity contribution in [3.05, 3.63) is 12.0 Å². The van der Waals surface area contributed by atoms with Gasteiger partial charge in [-0.05, 0) is 20.5 Å². The van der Waals surface area contributed by atoms with E-state index in [1.54, 1.807) is 6.08 Å². The van der Waals surface area contributed by atoms with Crippen molar-refractivity contribution in [3.63, 3.8) is 0 Å². The number of ether oxygens (including phenoxy) is 1. The zero-order valence-corrected chi connectivity index (χ0v) is 8.21. The summed E-state index contributed by atoms with van der Waals surface area (Å²) in [6.07, 6.45) is 3.73. The fraction of sp³-hybridized carbons (Fsp3) is 0.778. The van der Waals surface area contributed by atoms with Crippen LogP contribution in [0.4, 0.5) is 0 Å². The molecule has 0 rings (SSSR count). The lowest BCUT2D eigenvalue weighted by Crippen LogP contribution is -2.11. The van der Waals surface area contributed by atoms with Crippen molar-refractivity contribution in [2.45, 2.75) is 19.8 Å². The Kier molecular flexibility index (Phi) is 6.57. The SMILES string of the molecule is CCCCO/C(O)=C\CN(C)C. The number of aliphatic hydroxyl groups excluding tert-OH is 1. The maximum absolute atomic E-state index is 9.14. The Labute approximate surface area is 74.6 Å². The average Bonchev–Trinajstić information content (AvgIpc) is 2.01. The molecule has 0 unspecified atom stereocenters. The molecule has 0 aromatic carbocycles. The first-order chi connectivity index (χ1) is 5.66. The molecule has 0 radical (unpaired) electrons. The van der Waals surface area contributed by atoms with E-state index in [4.69, 9.17) is 9.84 Å². The fourth-order valence-electron chi connectivity index (χ4n) is 0.641. The summed E-state index contributed by atoms with van der Waals surface area (Å²) in [6.45, 7) is 3.40. The standard InChI is InChI=1S/C9H19NO2/c1-4-5-8-12-9(11)6-7-10(2)3/h6,11H,4-5,7-8H2,1-3H3/b9-6-. The predicted octanol–water partition coefficient (Wildman–Crippen LogP) is 1.76. The molecule has 0 saturated heterocycles. The van der Waals surface area contributed by atoms with Gasteiger partial charge in [0.15, 0.2) is 0 Å². The minimum Gasteiger partial charge on any atom is -0.481 e. The molecule has 0 aliphatic rings. The van der Waals surface area contributed by atoms with Crippen LogP contribution in [0.1, 0.15) is 19.8 Å². The summed E-state index contributed by atoms with van der Waals surface area (Å²) in [6, 6.07) is 0. The van der Waals surface area contributed by atoms with Crippen molar-refractivity contribution in [2.75, 3.05) is 27.2 Å². The number of hydrogen-bond donors (Lipinski definition) is 1. The quantitative estimate of drug-likeness (QED) is 0.491. The van der Waals surface area contributed by atoms with Gasteiger partial charge in [-0.2, -0.15) is 0 Å². The van der Waals surface area contributed by atoms with Crippen LogP contribution in [0, 0.1) is 0 Å². The summed E-state index contributed by atoms with van der Waals surface area (Å²) in [4.78, 5) is 1.96. The van der Waals surface area contributed by atoms with Crippen molar-refractivity contribution in [1.29, 1.82) is 0 Å². The molecule has 3 heteroatoms. The van der Waals surface area contributed by atoms with Crippen LogP contribution in [-0.2, 0) is 4.74 Å². The first-order valence-electron chi connectivity index (χ1n) is 4.33. The summed E-state index contributed by atoms with van der Waals surface area (Å²) < 4.78 is 5.02. The summed E-state index contributed by atoms with van der Waals surface area (Å²) in [7, 11) is 3.88. The van der Waals surface area contributed by atoms with Crippen LogP contribution in [-0.4, -0.2) is 37.3 Å². The Morgan fingerprint density at radius 2 is 2.17 bits per heavy atom. The molecule has 0 aliphatic heterocycles. The van der Waals surface area contributed by atoms with E-state index in [9.17, 15) is 0 Å². The van der Waals surface area contributed by atoms with Gasteiger partial charge in [-0.15, -0.1) is 0 Å². The number of rotatable bonds is 6. The second kappa shape index (κ2) is 6.98. The van der Waals surface area contributed by atoms with Crippen molar-refractivity contribution in [2.24, 2.45) is 0 Å². The summed E-state index contributed by atoms with van der Waals surface area (Å²) >= 11 is 0.